The van der Waals surface area contributed by atoms with Gasteiger partial charge in [0, 0.05) is 17.3 Å². The molecule has 19 heavy (non-hydrogen) atoms. The molecule has 0 fully saturated rings. The van der Waals surface area contributed by atoms with Crippen LogP contribution in [-0.4, -0.2) is 21.5 Å². The van der Waals surface area contributed by atoms with E-state index in [9.17, 15) is 20.0 Å². The molecule has 6 nitrogen and oxygen atoms in total. The van der Waals surface area contributed by atoms with Crippen LogP contribution in [0.4, 0.5) is 11.4 Å². The molecule has 0 aromatic heterocycles. The van der Waals surface area contributed by atoms with Crippen molar-refractivity contribution in [1.29, 1.82) is 0 Å². The van der Waals surface area contributed by atoms with Crippen LogP contribution in [0.3, 0.4) is 0 Å². The molecule has 1 aromatic carbocycles. The van der Waals surface area contributed by atoms with E-state index in [2.05, 4.69) is 5.32 Å². The Kier molecular flexibility index (Phi) is 5.64. The molecule has 106 valence electrons. The van der Waals surface area contributed by atoms with Gasteiger partial charge in [0.15, 0.2) is 0 Å². The molecule has 0 radical (unpaired) electrons. The summed E-state index contributed by atoms with van der Waals surface area (Å²) in [5.41, 5.74) is -0.573. The first-order valence-electron chi connectivity index (χ1n) is 5.57. The molecule has 0 aliphatic carbocycles. The van der Waals surface area contributed by atoms with Crippen molar-refractivity contribution in [2.75, 3.05) is 5.32 Å². The fraction of sp³-hybridized carbons (Fsp3) is 0.462. The van der Waals surface area contributed by atoms with E-state index in [-0.39, 0.29) is 19.5 Å². The summed E-state index contributed by atoms with van der Waals surface area (Å²) < 4.78 is 0. The Morgan fingerprint density at radius 3 is 2.53 bits per heavy atom. The topological polar surface area (TPSA) is 92.5 Å². The van der Waals surface area contributed by atoms with Crippen LogP contribution in [0.2, 0.25) is 0 Å². The van der Waals surface area contributed by atoms with Crippen LogP contribution in [0.5, 0.6) is 0 Å². The molecule has 1 amide bonds. The summed E-state index contributed by atoms with van der Waals surface area (Å²) in [7, 11) is 0. The highest BCUT2D eigenvalue weighted by Crippen LogP contribution is 2.22. The summed E-state index contributed by atoms with van der Waals surface area (Å²) in [6, 6.07) is 4.27. The van der Waals surface area contributed by atoms with Gasteiger partial charge in [-0.1, -0.05) is 14.4 Å². The van der Waals surface area contributed by atoms with Gasteiger partial charge in [0.2, 0.25) is 0 Å². The Hall–Kier alpha value is -1.95. The lowest BCUT2D eigenvalue weighted by atomic mass is 10.0. The van der Waals surface area contributed by atoms with Gasteiger partial charge in [0.25, 0.3) is 11.6 Å². The van der Waals surface area contributed by atoms with Crippen LogP contribution < -0.4 is 5.32 Å². The van der Waals surface area contributed by atoms with E-state index in [0.29, 0.717) is 11.3 Å². The van der Waals surface area contributed by atoms with Gasteiger partial charge in [-0.2, -0.15) is 0 Å². The maximum absolute atomic E-state index is 11.7. The minimum atomic E-state index is -1.45. The molecule has 0 aliphatic heterocycles. The normalized spacial score (nSPS) is 13.1. The van der Waals surface area contributed by atoms with Crippen LogP contribution in [0.25, 0.3) is 0 Å². The second-order valence-electron chi connectivity index (χ2n) is 4.34. The Morgan fingerprint density at radius 2 is 2.11 bits per heavy atom. The van der Waals surface area contributed by atoms with Crippen LogP contribution in [-0.2, 0) is 4.79 Å². The smallest absolute Gasteiger partial charge is 0.272 e. The van der Waals surface area contributed by atoms with Crippen molar-refractivity contribution in [3.63, 3.8) is 0 Å². The third-order valence-corrected chi connectivity index (χ3v) is 2.83. The third-order valence-electron chi connectivity index (χ3n) is 2.83. The molecule has 0 unspecified atom stereocenters. The summed E-state index contributed by atoms with van der Waals surface area (Å²) in [4.78, 5) is 21.9. The number of carbonyl (C=O) groups is 1. The number of aryl methyl sites for hydroxylation is 1. The number of rotatable bonds is 4. The first kappa shape index (κ1) is 17.1. The van der Waals surface area contributed by atoms with Gasteiger partial charge < -0.3 is 10.4 Å². The molecule has 0 heterocycles. The monoisotopic (exact) mass is 268 g/mol. The van der Waals surface area contributed by atoms with Crippen molar-refractivity contribution < 1.29 is 14.8 Å². The van der Waals surface area contributed by atoms with E-state index in [1.165, 1.54) is 25.1 Å². The van der Waals surface area contributed by atoms with Gasteiger partial charge >= 0.3 is 0 Å². The zero-order chi connectivity index (χ0) is 13.9. The Morgan fingerprint density at radius 1 is 1.53 bits per heavy atom. The lowest BCUT2D eigenvalue weighted by Crippen LogP contribution is -2.39. The molecular formula is C13H20N2O4. The molecule has 1 atom stereocenters. The first-order valence-corrected chi connectivity index (χ1v) is 5.57. The number of carbonyl (C=O) groups excluding carboxylic acids is 1. The predicted molar refractivity (Wildman–Crippen MR) is 74.1 cm³/mol. The van der Waals surface area contributed by atoms with Crippen molar-refractivity contribution in [3.05, 3.63) is 33.9 Å². The van der Waals surface area contributed by atoms with E-state index in [4.69, 9.17) is 0 Å². The minimum Gasteiger partial charge on any atom is -0.380 e. The van der Waals surface area contributed by atoms with E-state index >= 15 is 0 Å². The summed E-state index contributed by atoms with van der Waals surface area (Å²) >= 11 is 0. The van der Waals surface area contributed by atoms with Crippen molar-refractivity contribution in [2.45, 2.75) is 40.2 Å². The fourth-order valence-corrected chi connectivity index (χ4v) is 1.36. The van der Waals surface area contributed by atoms with Gasteiger partial charge in [-0.15, -0.1) is 0 Å². The maximum Gasteiger partial charge on any atom is 0.272 e. The van der Waals surface area contributed by atoms with Crippen molar-refractivity contribution >= 4 is 17.3 Å². The summed E-state index contributed by atoms with van der Waals surface area (Å²) in [6.07, 6.45) is 0.283. The molecule has 6 heteroatoms. The van der Waals surface area contributed by atoms with Crippen molar-refractivity contribution in [2.24, 2.45) is 0 Å². The number of hydrogen-bond acceptors (Lipinski definition) is 4. The van der Waals surface area contributed by atoms with Gasteiger partial charge in [0.05, 0.1) is 4.92 Å². The predicted octanol–water partition coefficient (Wildman–Crippen LogP) is 2.64. The standard InChI is InChI=1S/C12H16N2O4.CH4/c1-4-12(3,16)11(15)13-9-5-6-10(14(17)18)8(2)7-9;/h5-7,16H,4H2,1-3H3,(H,13,15);1H4/t12-;/m0./s1. The quantitative estimate of drug-likeness (QED) is 0.648. The molecular weight excluding hydrogens is 248 g/mol. The van der Waals surface area contributed by atoms with Crippen LogP contribution in [0.15, 0.2) is 18.2 Å². The van der Waals surface area contributed by atoms with Gasteiger partial charge in [-0.25, -0.2) is 0 Å². The maximum atomic E-state index is 11.7. The summed E-state index contributed by atoms with van der Waals surface area (Å²) in [5.74, 6) is -0.529. The second-order valence-corrected chi connectivity index (χ2v) is 4.34. The zero-order valence-corrected chi connectivity index (χ0v) is 10.6. The molecule has 0 saturated carbocycles. The van der Waals surface area contributed by atoms with E-state index in [1.54, 1.807) is 13.8 Å². The lowest BCUT2D eigenvalue weighted by molar-refractivity contribution is -0.385. The third kappa shape index (κ3) is 4.03. The number of nitro benzene ring substituents is 1. The Bertz CT molecular complexity index is 484. The average Bonchev–Trinajstić information content (AvgIpc) is 2.28. The van der Waals surface area contributed by atoms with Crippen LogP contribution in [0, 0.1) is 17.0 Å². The second kappa shape index (κ2) is 6.29. The number of nitrogens with one attached hydrogen (secondary N) is 1. The van der Waals surface area contributed by atoms with Crippen molar-refractivity contribution in [1.82, 2.24) is 0 Å². The molecule has 0 spiro atoms. The molecule has 1 aromatic rings. The largest absolute Gasteiger partial charge is 0.380 e. The summed E-state index contributed by atoms with van der Waals surface area (Å²) in [6.45, 7) is 4.70. The molecule has 0 saturated heterocycles. The van der Waals surface area contributed by atoms with Crippen molar-refractivity contribution in [3.8, 4) is 0 Å². The SMILES string of the molecule is C.CC[C@](C)(O)C(=O)Nc1ccc([N+](=O)[O-])c(C)c1. The lowest BCUT2D eigenvalue weighted by Gasteiger charge is -2.20. The van der Waals surface area contributed by atoms with Crippen LogP contribution >= 0.6 is 0 Å². The number of benzene rings is 1. The van der Waals surface area contributed by atoms with Crippen LogP contribution in [0.1, 0.15) is 33.3 Å². The highest BCUT2D eigenvalue weighted by Gasteiger charge is 2.28. The summed E-state index contributed by atoms with van der Waals surface area (Å²) in [5, 5.41) is 22.9. The highest BCUT2D eigenvalue weighted by molar-refractivity contribution is 5.96. The van der Waals surface area contributed by atoms with Gasteiger partial charge in [0.1, 0.15) is 5.60 Å². The van der Waals surface area contributed by atoms with E-state index < -0.39 is 16.4 Å². The fourth-order valence-electron chi connectivity index (χ4n) is 1.36. The molecule has 1 rings (SSSR count). The van der Waals surface area contributed by atoms with E-state index in [0.717, 1.165) is 0 Å². The highest BCUT2D eigenvalue weighted by atomic mass is 16.6. The molecule has 0 bridgehead atoms. The van der Waals surface area contributed by atoms with Gasteiger partial charge in [-0.3, -0.25) is 14.9 Å². The number of amides is 1. The van der Waals surface area contributed by atoms with Gasteiger partial charge in [-0.05, 0) is 32.4 Å². The molecule has 0 aliphatic rings. The number of nitrogens with zero attached hydrogens (tertiary/aromatic N) is 1. The Labute approximate surface area is 112 Å². The zero-order valence-electron chi connectivity index (χ0n) is 10.6. The molecule has 2 N–H and O–H groups in total. The van der Waals surface area contributed by atoms with E-state index in [1.807, 2.05) is 0 Å². The Balaban J connectivity index is 0.00000324. The number of hydrogen-bond donors (Lipinski definition) is 2. The first-order chi connectivity index (χ1) is 8.27. The minimum absolute atomic E-state index is 0. The number of aliphatic hydroxyl groups is 1. The number of anilines is 1. The average molecular weight is 268 g/mol. The number of nitro groups is 1.